The minimum Gasteiger partial charge on any atom is -0.448 e. The summed E-state index contributed by atoms with van der Waals surface area (Å²) in [6, 6.07) is 0. The zero-order valence-corrected chi connectivity index (χ0v) is 9.12. The second kappa shape index (κ2) is 5.34. The normalized spacial score (nSPS) is 12.1. The van der Waals surface area contributed by atoms with E-state index in [0.29, 0.717) is 18.1 Å². The summed E-state index contributed by atoms with van der Waals surface area (Å²) in [6.45, 7) is 8.01. The maximum atomic E-state index is 11.4. The van der Waals surface area contributed by atoms with Gasteiger partial charge in [-0.25, -0.2) is 4.98 Å². The van der Waals surface area contributed by atoms with Gasteiger partial charge in [0.25, 0.3) is 5.91 Å². The van der Waals surface area contributed by atoms with E-state index in [-0.39, 0.29) is 11.8 Å². The van der Waals surface area contributed by atoms with Gasteiger partial charge in [0, 0.05) is 12.5 Å². The third-order valence-corrected chi connectivity index (χ3v) is 2.20. The van der Waals surface area contributed by atoms with Crippen molar-refractivity contribution in [2.45, 2.75) is 26.2 Å². The van der Waals surface area contributed by atoms with Gasteiger partial charge in [-0.05, 0) is 6.42 Å². The van der Waals surface area contributed by atoms with Crippen LogP contribution in [0.3, 0.4) is 0 Å². The van der Waals surface area contributed by atoms with Gasteiger partial charge in [0.2, 0.25) is 0 Å². The molecule has 1 atom stereocenters. The Hall–Kier alpha value is -1.58. The molecule has 1 N–H and O–H groups in total. The van der Waals surface area contributed by atoms with E-state index in [2.05, 4.69) is 16.9 Å². The average molecular weight is 208 g/mol. The van der Waals surface area contributed by atoms with Gasteiger partial charge in [0.15, 0.2) is 11.6 Å². The van der Waals surface area contributed by atoms with Gasteiger partial charge in [-0.2, -0.15) is 0 Å². The fraction of sp³-hybridized carbons (Fsp3) is 0.455. The maximum absolute atomic E-state index is 11.4. The summed E-state index contributed by atoms with van der Waals surface area (Å²) in [6.07, 6.45) is 3.95. The average Bonchev–Trinajstić information content (AvgIpc) is 2.74. The van der Waals surface area contributed by atoms with Crippen molar-refractivity contribution in [3.63, 3.8) is 0 Å². The highest BCUT2D eigenvalue weighted by molar-refractivity contribution is 5.91. The Morgan fingerprint density at radius 2 is 2.53 bits per heavy atom. The molecule has 15 heavy (non-hydrogen) atoms. The van der Waals surface area contributed by atoms with Gasteiger partial charge < -0.3 is 9.73 Å². The Balaban J connectivity index is 2.66. The van der Waals surface area contributed by atoms with Crippen molar-refractivity contribution < 1.29 is 9.21 Å². The van der Waals surface area contributed by atoms with E-state index in [1.165, 1.54) is 6.26 Å². The lowest BCUT2D eigenvalue weighted by molar-refractivity contribution is 0.0953. The first-order chi connectivity index (χ1) is 7.19. The van der Waals surface area contributed by atoms with Crippen LogP contribution in [-0.2, 0) is 0 Å². The van der Waals surface area contributed by atoms with Gasteiger partial charge in [0.1, 0.15) is 6.26 Å². The van der Waals surface area contributed by atoms with Crippen LogP contribution in [0.15, 0.2) is 23.3 Å². The number of hydrogen-bond acceptors (Lipinski definition) is 3. The lowest BCUT2D eigenvalue weighted by Gasteiger charge is -2.00. The largest absolute Gasteiger partial charge is 0.448 e. The number of nitrogens with zero attached hydrogens (tertiary/aromatic N) is 1. The fourth-order valence-electron chi connectivity index (χ4n) is 1.05. The second-order valence-corrected chi connectivity index (χ2v) is 3.38. The summed E-state index contributed by atoms with van der Waals surface area (Å²) >= 11 is 0. The number of oxazole rings is 1. The Kier molecular flexibility index (Phi) is 4.09. The molecule has 1 unspecified atom stereocenters. The summed E-state index contributed by atoms with van der Waals surface area (Å²) in [4.78, 5) is 15.6. The van der Waals surface area contributed by atoms with Crippen LogP contribution in [0.4, 0.5) is 0 Å². The van der Waals surface area contributed by atoms with Crippen LogP contribution in [0.5, 0.6) is 0 Å². The van der Waals surface area contributed by atoms with Crippen molar-refractivity contribution in [3.05, 3.63) is 30.5 Å². The number of hydrogen-bond donors (Lipinski definition) is 1. The van der Waals surface area contributed by atoms with Crippen molar-refractivity contribution in [2.24, 2.45) is 0 Å². The molecule has 82 valence electrons. The van der Waals surface area contributed by atoms with Crippen LogP contribution >= 0.6 is 0 Å². The molecule has 0 aromatic carbocycles. The van der Waals surface area contributed by atoms with Crippen molar-refractivity contribution in [1.29, 1.82) is 0 Å². The van der Waals surface area contributed by atoms with E-state index in [0.717, 1.165) is 6.42 Å². The molecule has 1 amide bonds. The molecular formula is C11H16N2O2. The standard InChI is InChI=1S/C11H16N2O2/c1-4-6-12-10(14)9-7-15-11(13-9)8(3)5-2/h4,7-8H,1,5-6H2,2-3H3,(H,12,14). The Labute approximate surface area is 89.4 Å². The molecule has 4 nitrogen and oxygen atoms in total. The molecule has 0 radical (unpaired) electrons. The molecule has 0 aliphatic rings. The van der Waals surface area contributed by atoms with Crippen LogP contribution in [0, 0.1) is 0 Å². The van der Waals surface area contributed by atoms with E-state index in [4.69, 9.17) is 4.42 Å². The van der Waals surface area contributed by atoms with E-state index in [1.807, 2.05) is 13.8 Å². The molecule has 0 fully saturated rings. The van der Waals surface area contributed by atoms with Crippen LogP contribution in [-0.4, -0.2) is 17.4 Å². The van der Waals surface area contributed by atoms with Gasteiger partial charge in [-0.15, -0.1) is 6.58 Å². The molecule has 0 aliphatic carbocycles. The van der Waals surface area contributed by atoms with E-state index in [1.54, 1.807) is 6.08 Å². The van der Waals surface area contributed by atoms with Crippen molar-refractivity contribution in [2.75, 3.05) is 6.54 Å². The molecule has 0 spiro atoms. The lowest BCUT2D eigenvalue weighted by atomic mass is 10.1. The first-order valence-electron chi connectivity index (χ1n) is 5.03. The van der Waals surface area contributed by atoms with Crippen molar-refractivity contribution >= 4 is 5.91 Å². The Bertz CT molecular complexity index is 344. The fourth-order valence-corrected chi connectivity index (χ4v) is 1.05. The molecule has 1 aromatic heterocycles. The van der Waals surface area contributed by atoms with E-state index in [9.17, 15) is 4.79 Å². The molecule has 1 aromatic rings. The number of carbonyl (C=O) groups is 1. The third-order valence-electron chi connectivity index (χ3n) is 2.20. The number of nitrogens with one attached hydrogen (secondary N) is 1. The second-order valence-electron chi connectivity index (χ2n) is 3.38. The summed E-state index contributed by atoms with van der Waals surface area (Å²) in [5.41, 5.74) is 0.326. The first kappa shape index (κ1) is 11.5. The molecule has 0 saturated carbocycles. The number of amides is 1. The van der Waals surface area contributed by atoms with Gasteiger partial charge in [-0.3, -0.25) is 4.79 Å². The van der Waals surface area contributed by atoms with Crippen molar-refractivity contribution in [3.8, 4) is 0 Å². The monoisotopic (exact) mass is 208 g/mol. The quantitative estimate of drug-likeness (QED) is 0.754. The van der Waals surface area contributed by atoms with Gasteiger partial charge >= 0.3 is 0 Å². The third kappa shape index (κ3) is 2.94. The van der Waals surface area contributed by atoms with Gasteiger partial charge in [0.05, 0.1) is 0 Å². The van der Waals surface area contributed by atoms with Crippen LogP contribution < -0.4 is 5.32 Å². The van der Waals surface area contributed by atoms with Crippen LogP contribution in [0.1, 0.15) is 42.6 Å². The van der Waals surface area contributed by atoms with E-state index >= 15 is 0 Å². The predicted octanol–water partition coefficient (Wildman–Crippen LogP) is 2.10. The highest BCUT2D eigenvalue weighted by Gasteiger charge is 2.14. The Morgan fingerprint density at radius 1 is 1.80 bits per heavy atom. The van der Waals surface area contributed by atoms with E-state index < -0.39 is 0 Å². The number of aromatic nitrogens is 1. The zero-order valence-electron chi connectivity index (χ0n) is 9.12. The highest BCUT2D eigenvalue weighted by Crippen LogP contribution is 2.17. The number of carbonyl (C=O) groups excluding carboxylic acids is 1. The van der Waals surface area contributed by atoms with Crippen molar-refractivity contribution in [1.82, 2.24) is 10.3 Å². The first-order valence-corrected chi connectivity index (χ1v) is 5.03. The summed E-state index contributed by atoms with van der Waals surface area (Å²) in [7, 11) is 0. The van der Waals surface area contributed by atoms with Gasteiger partial charge in [-0.1, -0.05) is 19.9 Å². The molecule has 4 heteroatoms. The molecule has 0 aliphatic heterocycles. The molecule has 1 heterocycles. The molecule has 0 bridgehead atoms. The van der Waals surface area contributed by atoms with Crippen LogP contribution in [0.25, 0.3) is 0 Å². The number of rotatable bonds is 5. The summed E-state index contributed by atoms with van der Waals surface area (Å²) < 4.78 is 5.22. The smallest absolute Gasteiger partial charge is 0.273 e. The molecule has 1 rings (SSSR count). The highest BCUT2D eigenvalue weighted by atomic mass is 16.3. The summed E-state index contributed by atoms with van der Waals surface area (Å²) in [5, 5.41) is 2.64. The minimum absolute atomic E-state index is 0.229. The molecular weight excluding hydrogens is 192 g/mol. The molecule has 0 saturated heterocycles. The predicted molar refractivity (Wildman–Crippen MR) is 57.7 cm³/mol. The lowest BCUT2D eigenvalue weighted by Crippen LogP contribution is -2.23. The summed E-state index contributed by atoms with van der Waals surface area (Å²) in [5.74, 6) is 0.625. The maximum Gasteiger partial charge on any atom is 0.273 e. The Morgan fingerprint density at radius 3 is 3.13 bits per heavy atom. The zero-order chi connectivity index (χ0) is 11.3. The van der Waals surface area contributed by atoms with Crippen LogP contribution in [0.2, 0.25) is 0 Å². The SMILES string of the molecule is C=CCNC(=O)c1coc(C(C)CC)n1. The minimum atomic E-state index is -0.229. The topological polar surface area (TPSA) is 55.1 Å².